The lowest BCUT2D eigenvalue weighted by Crippen LogP contribution is -2.22. The van der Waals surface area contributed by atoms with Crippen molar-refractivity contribution in [3.63, 3.8) is 0 Å². The highest BCUT2D eigenvalue weighted by Gasteiger charge is 2.08. The van der Waals surface area contributed by atoms with Crippen molar-refractivity contribution in [2.24, 2.45) is 0 Å². The Morgan fingerprint density at radius 3 is 2.60 bits per heavy atom. The fourth-order valence-electron chi connectivity index (χ4n) is 2.08. The zero-order valence-corrected chi connectivity index (χ0v) is 11.4. The van der Waals surface area contributed by atoms with Crippen molar-refractivity contribution in [3.05, 3.63) is 70.9 Å². The van der Waals surface area contributed by atoms with Crippen LogP contribution in [0.3, 0.4) is 0 Å². The maximum absolute atomic E-state index is 12.1. The summed E-state index contributed by atoms with van der Waals surface area (Å²) in [6, 6.07) is 17.1. The number of carbonyl (C=O) groups is 1. The molecule has 4 heteroatoms. The predicted octanol–water partition coefficient (Wildman–Crippen LogP) is 3.75. The molecule has 0 saturated heterocycles. The molecule has 2 N–H and O–H groups in total. The van der Waals surface area contributed by atoms with Crippen molar-refractivity contribution in [3.8, 4) is 0 Å². The molecule has 0 unspecified atom stereocenters. The molecule has 3 rings (SSSR count). The number of carbonyl (C=O) groups excluding carboxylic acids is 1. The van der Waals surface area contributed by atoms with Crippen LogP contribution in [0.1, 0.15) is 16.1 Å². The van der Waals surface area contributed by atoms with Gasteiger partial charge in [0.2, 0.25) is 0 Å². The molecular formula is C16H13ClN2O. The Bertz CT molecular complexity index is 714. The van der Waals surface area contributed by atoms with Gasteiger partial charge in [-0.15, -0.1) is 0 Å². The number of rotatable bonds is 3. The number of nitrogens with one attached hydrogen (secondary N) is 2. The van der Waals surface area contributed by atoms with E-state index in [4.69, 9.17) is 11.6 Å². The molecule has 0 saturated carbocycles. The molecular weight excluding hydrogens is 272 g/mol. The third kappa shape index (κ3) is 2.68. The highest BCUT2D eigenvalue weighted by Crippen LogP contribution is 2.14. The standard InChI is InChI=1S/C16H13ClN2O/c17-13-7-5-11(6-8-13)10-18-16(20)15-9-12-3-1-2-4-14(12)19-15/h1-9,19H,10H2,(H,18,20). The first-order chi connectivity index (χ1) is 9.72. The Morgan fingerprint density at radius 2 is 1.85 bits per heavy atom. The average molecular weight is 285 g/mol. The molecule has 1 aromatic heterocycles. The summed E-state index contributed by atoms with van der Waals surface area (Å²) in [5.74, 6) is -0.115. The van der Waals surface area contributed by atoms with E-state index in [1.54, 1.807) is 0 Å². The number of hydrogen-bond donors (Lipinski definition) is 2. The van der Waals surface area contributed by atoms with Crippen LogP contribution >= 0.6 is 11.6 Å². The number of aromatic nitrogens is 1. The van der Waals surface area contributed by atoms with Crippen LogP contribution in [0.5, 0.6) is 0 Å². The van der Waals surface area contributed by atoms with Crippen LogP contribution in [0.2, 0.25) is 5.02 Å². The predicted molar refractivity (Wildman–Crippen MR) is 80.9 cm³/mol. The third-order valence-corrected chi connectivity index (χ3v) is 3.39. The van der Waals surface area contributed by atoms with Crippen LogP contribution in [0.15, 0.2) is 54.6 Å². The zero-order chi connectivity index (χ0) is 13.9. The average Bonchev–Trinajstić information content (AvgIpc) is 2.90. The highest BCUT2D eigenvalue weighted by atomic mass is 35.5. The fourth-order valence-corrected chi connectivity index (χ4v) is 2.20. The smallest absolute Gasteiger partial charge is 0.267 e. The summed E-state index contributed by atoms with van der Waals surface area (Å²) in [4.78, 5) is 15.2. The monoisotopic (exact) mass is 284 g/mol. The highest BCUT2D eigenvalue weighted by molar-refractivity contribution is 6.30. The van der Waals surface area contributed by atoms with Crippen molar-refractivity contribution in [2.75, 3.05) is 0 Å². The summed E-state index contributed by atoms with van der Waals surface area (Å²) in [7, 11) is 0. The second kappa shape index (κ2) is 5.39. The number of amides is 1. The van der Waals surface area contributed by atoms with Gasteiger partial charge < -0.3 is 10.3 Å². The van der Waals surface area contributed by atoms with Crippen LogP contribution in [-0.4, -0.2) is 10.9 Å². The van der Waals surface area contributed by atoms with E-state index in [1.807, 2.05) is 54.6 Å². The topological polar surface area (TPSA) is 44.9 Å². The summed E-state index contributed by atoms with van der Waals surface area (Å²) in [5, 5.41) is 4.60. The first-order valence-corrected chi connectivity index (χ1v) is 6.70. The van der Waals surface area contributed by atoms with Crippen molar-refractivity contribution < 1.29 is 4.79 Å². The van der Waals surface area contributed by atoms with E-state index in [0.29, 0.717) is 17.3 Å². The second-order valence-electron chi connectivity index (χ2n) is 4.58. The molecule has 2 aromatic carbocycles. The van der Waals surface area contributed by atoms with E-state index in [-0.39, 0.29) is 5.91 Å². The molecule has 0 aliphatic carbocycles. The quantitative estimate of drug-likeness (QED) is 0.756. The van der Waals surface area contributed by atoms with E-state index >= 15 is 0 Å². The first kappa shape index (κ1) is 12.8. The largest absolute Gasteiger partial charge is 0.351 e. The van der Waals surface area contributed by atoms with Gasteiger partial charge in [-0.3, -0.25) is 4.79 Å². The van der Waals surface area contributed by atoms with Crippen molar-refractivity contribution in [2.45, 2.75) is 6.54 Å². The van der Waals surface area contributed by atoms with Gasteiger partial charge in [-0.05, 0) is 29.8 Å². The maximum Gasteiger partial charge on any atom is 0.267 e. The Kier molecular flexibility index (Phi) is 3.44. The number of benzene rings is 2. The normalized spacial score (nSPS) is 10.7. The molecule has 1 amide bonds. The van der Waals surface area contributed by atoms with Crippen molar-refractivity contribution >= 4 is 28.4 Å². The van der Waals surface area contributed by atoms with Crippen molar-refractivity contribution in [1.82, 2.24) is 10.3 Å². The Morgan fingerprint density at radius 1 is 1.10 bits per heavy atom. The van der Waals surface area contributed by atoms with Gasteiger partial charge in [0.15, 0.2) is 0 Å². The van der Waals surface area contributed by atoms with Gasteiger partial charge in [0.1, 0.15) is 5.69 Å². The lowest BCUT2D eigenvalue weighted by Gasteiger charge is -2.04. The van der Waals surface area contributed by atoms with Gasteiger partial charge in [0.05, 0.1) is 0 Å². The number of hydrogen-bond acceptors (Lipinski definition) is 1. The molecule has 0 spiro atoms. The van der Waals surface area contributed by atoms with E-state index < -0.39 is 0 Å². The molecule has 3 nitrogen and oxygen atoms in total. The van der Waals surface area contributed by atoms with Gasteiger partial charge in [-0.25, -0.2) is 0 Å². The van der Waals surface area contributed by atoms with Gasteiger partial charge >= 0.3 is 0 Å². The van der Waals surface area contributed by atoms with Crippen LogP contribution in [0, 0.1) is 0 Å². The SMILES string of the molecule is O=C(NCc1ccc(Cl)cc1)c1cc2ccccc2[nH]1. The van der Waals surface area contributed by atoms with Gasteiger partial charge in [-0.1, -0.05) is 41.9 Å². The van der Waals surface area contributed by atoms with Gasteiger partial charge in [0, 0.05) is 22.5 Å². The molecule has 0 aliphatic rings. The molecule has 100 valence electrons. The molecule has 20 heavy (non-hydrogen) atoms. The fraction of sp³-hybridized carbons (Fsp3) is 0.0625. The van der Waals surface area contributed by atoms with Crippen molar-refractivity contribution in [1.29, 1.82) is 0 Å². The summed E-state index contributed by atoms with van der Waals surface area (Å²) in [6.45, 7) is 0.478. The second-order valence-corrected chi connectivity index (χ2v) is 5.02. The first-order valence-electron chi connectivity index (χ1n) is 6.33. The van der Waals surface area contributed by atoms with E-state index in [2.05, 4.69) is 10.3 Å². The molecule has 1 heterocycles. The number of H-pyrrole nitrogens is 1. The van der Waals surface area contributed by atoms with Gasteiger partial charge in [0.25, 0.3) is 5.91 Å². The van der Waals surface area contributed by atoms with Crippen LogP contribution < -0.4 is 5.32 Å². The Hall–Kier alpha value is -2.26. The number of fused-ring (bicyclic) bond motifs is 1. The summed E-state index contributed by atoms with van der Waals surface area (Å²) < 4.78 is 0. The summed E-state index contributed by atoms with van der Waals surface area (Å²) in [5.41, 5.74) is 2.54. The van der Waals surface area contributed by atoms with Crippen LogP contribution in [0.4, 0.5) is 0 Å². The molecule has 0 fully saturated rings. The van der Waals surface area contributed by atoms with Crippen LogP contribution in [0.25, 0.3) is 10.9 Å². The van der Waals surface area contributed by atoms with Crippen LogP contribution in [-0.2, 0) is 6.54 Å². The minimum absolute atomic E-state index is 0.115. The molecule has 0 atom stereocenters. The lowest BCUT2D eigenvalue weighted by molar-refractivity contribution is 0.0947. The minimum Gasteiger partial charge on any atom is -0.351 e. The maximum atomic E-state index is 12.1. The molecule has 3 aromatic rings. The lowest BCUT2D eigenvalue weighted by atomic mass is 10.2. The zero-order valence-electron chi connectivity index (χ0n) is 10.7. The minimum atomic E-state index is -0.115. The van der Waals surface area contributed by atoms with E-state index in [0.717, 1.165) is 16.5 Å². The molecule has 0 radical (unpaired) electrons. The number of halogens is 1. The summed E-state index contributed by atoms with van der Waals surface area (Å²) in [6.07, 6.45) is 0. The molecule has 0 bridgehead atoms. The molecule has 0 aliphatic heterocycles. The number of aromatic amines is 1. The summed E-state index contributed by atoms with van der Waals surface area (Å²) >= 11 is 5.82. The van der Waals surface area contributed by atoms with E-state index in [1.165, 1.54) is 0 Å². The Balaban J connectivity index is 1.71. The van der Waals surface area contributed by atoms with Gasteiger partial charge in [-0.2, -0.15) is 0 Å². The van der Waals surface area contributed by atoms with E-state index in [9.17, 15) is 4.79 Å². The Labute approximate surface area is 121 Å². The number of para-hydroxylation sites is 1. The third-order valence-electron chi connectivity index (χ3n) is 3.14.